The summed E-state index contributed by atoms with van der Waals surface area (Å²) in [5, 5.41) is 0. The molecule has 0 saturated carbocycles. The maximum absolute atomic E-state index is 10.4. The standard InChI is InChI=1S/C5H12OS/c1-5(2)4-7(3)6/h5H,4H2,1-3H3. The lowest BCUT2D eigenvalue weighted by molar-refractivity contribution is 0.669. The summed E-state index contributed by atoms with van der Waals surface area (Å²) in [4.78, 5) is 0. The van der Waals surface area contributed by atoms with Gasteiger partial charge in [0.25, 0.3) is 0 Å². The molecule has 2 heteroatoms. The molecule has 0 bridgehead atoms. The van der Waals surface area contributed by atoms with Gasteiger partial charge in [0.1, 0.15) is 0 Å². The van der Waals surface area contributed by atoms with Crippen LogP contribution in [0, 0.1) is 5.92 Å². The highest BCUT2D eigenvalue weighted by Gasteiger charge is 1.93. The summed E-state index contributed by atoms with van der Waals surface area (Å²) >= 11 is 0. The molecule has 1 nitrogen and oxygen atoms in total. The van der Waals surface area contributed by atoms with Crippen molar-refractivity contribution in [2.24, 2.45) is 5.92 Å². The molecule has 0 amide bonds. The highest BCUT2D eigenvalue weighted by Crippen LogP contribution is 1.91. The number of rotatable bonds is 2. The predicted octanol–water partition coefficient (Wildman–Crippen LogP) is 1.02. The highest BCUT2D eigenvalue weighted by molar-refractivity contribution is 7.84. The largest absolute Gasteiger partial charge is 0.260 e. The van der Waals surface area contributed by atoms with Crippen molar-refractivity contribution in [1.82, 2.24) is 0 Å². The van der Waals surface area contributed by atoms with Gasteiger partial charge in [-0.15, -0.1) is 0 Å². The van der Waals surface area contributed by atoms with E-state index in [2.05, 4.69) is 13.8 Å². The van der Waals surface area contributed by atoms with Gasteiger partial charge < -0.3 is 0 Å². The van der Waals surface area contributed by atoms with Crippen molar-refractivity contribution < 1.29 is 4.21 Å². The first kappa shape index (κ1) is 7.15. The first-order valence-corrected chi connectivity index (χ1v) is 4.15. The van der Waals surface area contributed by atoms with Crippen LogP contribution in [0.4, 0.5) is 0 Å². The van der Waals surface area contributed by atoms with E-state index in [1.807, 2.05) is 0 Å². The first-order chi connectivity index (χ1) is 3.13. The maximum atomic E-state index is 10.4. The van der Waals surface area contributed by atoms with Gasteiger partial charge in [0.2, 0.25) is 0 Å². The van der Waals surface area contributed by atoms with E-state index in [9.17, 15) is 4.21 Å². The Morgan fingerprint density at radius 2 is 2.00 bits per heavy atom. The summed E-state index contributed by atoms with van der Waals surface area (Å²) < 4.78 is 10.4. The second-order valence-corrected chi connectivity index (χ2v) is 3.61. The van der Waals surface area contributed by atoms with Crippen molar-refractivity contribution >= 4 is 10.8 Å². The zero-order chi connectivity index (χ0) is 5.86. The third-order valence-electron chi connectivity index (χ3n) is 0.568. The van der Waals surface area contributed by atoms with Gasteiger partial charge in [-0.25, -0.2) is 0 Å². The molecule has 0 N–H and O–H groups in total. The van der Waals surface area contributed by atoms with Crippen LogP contribution in [0.25, 0.3) is 0 Å². The van der Waals surface area contributed by atoms with E-state index in [0.29, 0.717) is 5.92 Å². The lowest BCUT2D eigenvalue weighted by Crippen LogP contribution is -2.00. The van der Waals surface area contributed by atoms with Crippen LogP contribution in [-0.4, -0.2) is 16.2 Å². The van der Waals surface area contributed by atoms with Crippen molar-refractivity contribution in [3.63, 3.8) is 0 Å². The van der Waals surface area contributed by atoms with Crippen LogP contribution in [0.3, 0.4) is 0 Å². The third kappa shape index (κ3) is 6.15. The topological polar surface area (TPSA) is 17.1 Å². The van der Waals surface area contributed by atoms with Crippen LogP contribution < -0.4 is 0 Å². The summed E-state index contributed by atoms with van der Waals surface area (Å²) in [6, 6.07) is 0. The fraction of sp³-hybridized carbons (Fsp3) is 1.00. The van der Waals surface area contributed by atoms with E-state index in [4.69, 9.17) is 0 Å². The van der Waals surface area contributed by atoms with Crippen LogP contribution in [0.5, 0.6) is 0 Å². The Morgan fingerprint density at radius 3 is 2.00 bits per heavy atom. The molecule has 0 heterocycles. The molecule has 0 aliphatic carbocycles. The molecule has 1 unspecified atom stereocenters. The molecule has 0 fully saturated rings. The summed E-state index contributed by atoms with van der Waals surface area (Å²) in [5.41, 5.74) is 0. The van der Waals surface area contributed by atoms with E-state index in [1.165, 1.54) is 0 Å². The fourth-order valence-electron chi connectivity index (χ4n) is 0.469. The normalized spacial score (nSPS) is 14.9. The van der Waals surface area contributed by atoms with Gasteiger partial charge in [-0.3, -0.25) is 4.21 Å². The zero-order valence-corrected chi connectivity index (χ0v) is 5.92. The van der Waals surface area contributed by atoms with E-state index < -0.39 is 10.8 Å². The van der Waals surface area contributed by atoms with E-state index in [-0.39, 0.29) is 0 Å². The maximum Gasteiger partial charge on any atom is 0.0255 e. The summed E-state index contributed by atoms with van der Waals surface area (Å²) in [6.07, 6.45) is 1.74. The number of hydrogen-bond acceptors (Lipinski definition) is 1. The van der Waals surface area contributed by atoms with Gasteiger partial charge in [0.05, 0.1) is 0 Å². The van der Waals surface area contributed by atoms with Gasteiger partial charge >= 0.3 is 0 Å². The smallest absolute Gasteiger partial charge is 0.0255 e. The van der Waals surface area contributed by atoms with Gasteiger partial charge in [-0.05, 0) is 5.92 Å². The summed E-state index contributed by atoms with van der Waals surface area (Å²) in [5.74, 6) is 1.41. The first-order valence-electron chi connectivity index (χ1n) is 2.43. The van der Waals surface area contributed by atoms with Gasteiger partial charge in [-0.1, -0.05) is 13.8 Å². The summed E-state index contributed by atoms with van der Waals surface area (Å²) in [7, 11) is -0.596. The lowest BCUT2D eigenvalue weighted by atomic mass is 10.3. The lowest BCUT2D eigenvalue weighted by Gasteiger charge is -1.96. The van der Waals surface area contributed by atoms with E-state index in [1.54, 1.807) is 6.26 Å². The quantitative estimate of drug-likeness (QED) is 0.531. The molecule has 7 heavy (non-hydrogen) atoms. The molecule has 1 atom stereocenters. The molecular formula is C5H12OS. The Labute approximate surface area is 47.6 Å². The molecule has 44 valence electrons. The molecule has 0 aliphatic heterocycles. The molecule has 0 rings (SSSR count). The predicted molar refractivity (Wildman–Crippen MR) is 33.8 cm³/mol. The molecule has 0 spiro atoms. The van der Waals surface area contributed by atoms with Crippen molar-refractivity contribution in [2.45, 2.75) is 13.8 Å². The van der Waals surface area contributed by atoms with E-state index >= 15 is 0 Å². The Morgan fingerprint density at radius 1 is 1.57 bits per heavy atom. The average Bonchev–Trinajstić information content (AvgIpc) is 1.27. The van der Waals surface area contributed by atoms with Gasteiger partial charge in [0.15, 0.2) is 0 Å². The van der Waals surface area contributed by atoms with Crippen molar-refractivity contribution in [1.29, 1.82) is 0 Å². The van der Waals surface area contributed by atoms with Crippen molar-refractivity contribution in [2.75, 3.05) is 12.0 Å². The summed E-state index contributed by atoms with van der Waals surface area (Å²) in [6.45, 7) is 4.14. The molecular weight excluding hydrogens is 108 g/mol. The average molecular weight is 120 g/mol. The minimum absolute atomic E-state index is 0.575. The highest BCUT2D eigenvalue weighted by atomic mass is 32.2. The Bertz CT molecular complexity index is 68.5. The van der Waals surface area contributed by atoms with Crippen molar-refractivity contribution in [3.8, 4) is 0 Å². The monoisotopic (exact) mass is 120 g/mol. The third-order valence-corrected chi connectivity index (χ3v) is 1.70. The minimum Gasteiger partial charge on any atom is -0.260 e. The van der Waals surface area contributed by atoms with Crippen LogP contribution in [0.1, 0.15) is 13.8 Å². The van der Waals surface area contributed by atoms with Crippen LogP contribution in [0.15, 0.2) is 0 Å². The van der Waals surface area contributed by atoms with Crippen LogP contribution in [0.2, 0.25) is 0 Å². The molecule has 0 radical (unpaired) electrons. The molecule has 0 aliphatic rings. The minimum atomic E-state index is -0.596. The molecule has 0 aromatic heterocycles. The Hall–Kier alpha value is 0.150. The Balaban J connectivity index is 3.13. The SMILES string of the molecule is CC(C)CS(C)=O. The molecule has 0 aromatic carbocycles. The second kappa shape index (κ2) is 3.19. The van der Waals surface area contributed by atoms with Gasteiger partial charge in [0, 0.05) is 22.8 Å². The zero-order valence-electron chi connectivity index (χ0n) is 5.10. The van der Waals surface area contributed by atoms with Crippen molar-refractivity contribution in [3.05, 3.63) is 0 Å². The molecule has 0 saturated heterocycles. The second-order valence-electron chi connectivity index (χ2n) is 2.13. The molecule has 0 aromatic rings. The van der Waals surface area contributed by atoms with Gasteiger partial charge in [-0.2, -0.15) is 0 Å². The van der Waals surface area contributed by atoms with Crippen LogP contribution in [-0.2, 0) is 10.8 Å². The van der Waals surface area contributed by atoms with E-state index in [0.717, 1.165) is 5.75 Å². The Kier molecular flexibility index (Phi) is 3.26. The fourth-order valence-corrected chi connectivity index (χ4v) is 1.41. The number of hydrogen-bond donors (Lipinski definition) is 0. The van der Waals surface area contributed by atoms with Crippen LogP contribution >= 0.6 is 0 Å².